The Balaban J connectivity index is 1.64. The fraction of sp³-hybridized carbons (Fsp3) is 0.300. The van der Waals surface area contributed by atoms with Crippen molar-refractivity contribution in [1.82, 2.24) is 24.8 Å². The van der Waals surface area contributed by atoms with Crippen molar-refractivity contribution in [2.75, 3.05) is 6.54 Å². The number of rotatable bonds is 3. The van der Waals surface area contributed by atoms with Crippen molar-refractivity contribution in [3.05, 3.63) is 65.6 Å². The van der Waals surface area contributed by atoms with Crippen molar-refractivity contribution < 1.29 is 18.0 Å². The molecule has 29 heavy (non-hydrogen) atoms. The molecule has 150 valence electrons. The van der Waals surface area contributed by atoms with Crippen LogP contribution in [0.4, 0.5) is 13.2 Å². The van der Waals surface area contributed by atoms with E-state index in [-0.39, 0.29) is 23.2 Å². The maximum absolute atomic E-state index is 13.3. The average Bonchev–Trinajstić information content (AvgIpc) is 3.36. The highest BCUT2D eigenvalue weighted by Crippen LogP contribution is 2.37. The van der Waals surface area contributed by atoms with Crippen LogP contribution in [0, 0.1) is 6.92 Å². The van der Waals surface area contributed by atoms with Crippen LogP contribution in [0.5, 0.6) is 0 Å². The molecule has 0 aliphatic carbocycles. The average molecular weight is 401 g/mol. The first-order valence-corrected chi connectivity index (χ1v) is 9.16. The van der Waals surface area contributed by atoms with E-state index < -0.39 is 11.7 Å². The molecule has 6 nitrogen and oxygen atoms in total. The van der Waals surface area contributed by atoms with Gasteiger partial charge in [-0.05, 0) is 31.9 Å². The van der Waals surface area contributed by atoms with Gasteiger partial charge in [-0.25, -0.2) is 15.0 Å². The second kappa shape index (κ2) is 7.31. The number of aromatic nitrogens is 4. The predicted octanol–water partition coefficient (Wildman–Crippen LogP) is 4.17. The fourth-order valence-corrected chi connectivity index (χ4v) is 3.62. The van der Waals surface area contributed by atoms with Crippen molar-refractivity contribution in [2.24, 2.45) is 0 Å². The molecule has 1 amide bonds. The Bertz CT molecular complexity index is 1050. The van der Waals surface area contributed by atoms with Crippen LogP contribution < -0.4 is 0 Å². The van der Waals surface area contributed by atoms with E-state index in [1.165, 1.54) is 24.5 Å². The Morgan fingerprint density at radius 1 is 1.21 bits per heavy atom. The van der Waals surface area contributed by atoms with Gasteiger partial charge in [-0.15, -0.1) is 0 Å². The Morgan fingerprint density at radius 3 is 2.76 bits per heavy atom. The van der Waals surface area contributed by atoms with Gasteiger partial charge in [-0.3, -0.25) is 4.79 Å². The summed E-state index contributed by atoms with van der Waals surface area (Å²) in [5.41, 5.74) is -0.143. The Kier molecular flexibility index (Phi) is 4.81. The summed E-state index contributed by atoms with van der Waals surface area (Å²) in [6.45, 7) is 2.23. The van der Waals surface area contributed by atoms with Crippen molar-refractivity contribution in [3.63, 3.8) is 0 Å². The standard InChI is InChI=1S/C20H18F3N5O/c1-12-24-9-8-15(26-12)19(29)28-10-4-7-17(28)18-25-11-16(27-18)13-5-2-3-6-14(13)20(21,22)23/h2-3,5-6,8-9,11,17H,4,7,10H2,1H3,(H,25,27). The van der Waals surface area contributed by atoms with Crippen LogP contribution in [0.15, 0.2) is 42.7 Å². The number of carbonyl (C=O) groups excluding carboxylic acids is 1. The molecule has 1 N–H and O–H groups in total. The molecule has 3 heterocycles. The third-order valence-electron chi connectivity index (χ3n) is 4.94. The first kappa shape index (κ1) is 19.1. The first-order valence-electron chi connectivity index (χ1n) is 9.16. The lowest BCUT2D eigenvalue weighted by atomic mass is 10.0. The Labute approximate surface area is 164 Å². The van der Waals surface area contributed by atoms with E-state index in [4.69, 9.17) is 0 Å². The number of benzene rings is 1. The summed E-state index contributed by atoms with van der Waals surface area (Å²) in [4.78, 5) is 30.0. The molecule has 0 saturated carbocycles. The van der Waals surface area contributed by atoms with Gasteiger partial charge >= 0.3 is 6.18 Å². The van der Waals surface area contributed by atoms with Gasteiger partial charge in [0.15, 0.2) is 0 Å². The van der Waals surface area contributed by atoms with Gasteiger partial charge in [-0.2, -0.15) is 13.2 Å². The minimum Gasteiger partial charge on any atom is -0.340 e. The van der Waals surface area contributed by atoms with E-state index in [0.717, 1.165) is 12.5 Å². The maximum atomic E-state index is 13.3. The van der Waals surface area contributed by atoms with Gasteiger partial charge in [0.05, 0.1) is 23.5 Å². The van der Waals surface area contributed by atoms with Gasteiger partial charge in [0, 0.05) is 18.3 Å². The molecule has 1 aromatic carbocycles. The topological polar surface area (TPSA) is 74.8 Å². The lowest BCUT2D eigenvalue weighted by Gasteiger charge is -2.23. The van der Waals surface area contributed by atoms with Gasteiger partial charge in [0.25, 0.3) is 5.91 Å². The van der Waals surface area contributed by atoms with E-state index in [1.54, 1.807) is 24.0 Å². The molecular weight excluding hydrogens is 383 g/mol. The number of halogens is 3. The summed E-state index contributed by atoms with van der Waals surface area (Å²) >= 11 is 0. The molecule has 1 atom stereocenters. The highest BCUT2D eigenvalue weighted by molar-refractivity contribution is 5.92. The number of amides is 1. The van der Waals surface area contributed by atoms with Gasteiger partial charge < -0.3 is 9.88 Å². The smallest absolute Gasteiger partial charge is 0.340 e. The Hall–Kier alpha value is -3.23. The normalized spacial score (nSPS) is 17.0. The Morgan fingerprint density at radius 2 is 2.00 bits per heavy atom. The number of carbonyl (C=O) groups is 1. The second-order valence-electron chi connectivity index (χ2n) is 6.87. The molecular formula is C20H18F3N5O. The molecule has 1 aliphatic heterocycles. The third-order valence-corrected chi connectivity index (χ3v) is 4.94. The molecule has 1 unspecified atom stereocenters. The number of likely N-dealkylation sites (tertiary alicyclic amines) is 1. The molecule has 4 rings (SSSR count). The van der Waals surface area contributed by atoms with Crippen molar-refractivity contribution in [2.45, 2.75) is 32.0 Å². The maximum Gasteiger partial charge on any atom is 0.417 e. The van der Waals surface area contributed by atoms with Gasteiger partial charge in [-0.1, -0.05) is 18.2 Å². The second-order valence-corrected chi connectivity index (χ2v) is 6.87. The van der Waals surface area contributed by atoms with Crippen LogP contribution in [0.1, 0.15) is 46.6 Å². The zero-order valence-electron chi connectivity index (χ0n) is 15.6. The number of alkyl halides is 3. The molecule has 1 aliphatic rings. The van der Waals surface area contributed by atoms with E-state index in [2.05, 4.69) is 19.9 Å². The summed E-state index contributed by atoms with van der Waals surface area (Å²) in [6, 6.07) is 6.56. The molecule has 3 aromatic rings. The summed E-state index contributed by atoms with van der Waals surface area (Å²) in [5.74, 6) is 0.718. The third kappa shape index (κ3) is 3.72. The number of aromatic amines is 1. The quantitative estimate of drug-likeness (QED) is 0.715. The number of H-pyrrole nitrogens is 1. The number of nitrogens with zero attached hydrogens (tertiary/aromatic N) is 4. The summed E-state index contributed by atoms with van der Waals surface area (Å²) in [6.07, 6.45) is -0.114. The van der Waals surface area contributed by atoms with Crippen molar-refractivity contribution in [1.29, 1.82) is 0 Å². The van der Waals surface area contributed by atoms with Crippen LogP contribution in [-0.4, -0.2) is 37.3 Å². The largest absolute Gasteiger partial charge is 0.417 e. The summed E-state index contributed by atoms with van der Waals surface area (Å²) in [5, 5.41) is 0. The zero-order chi connectivity index (χ0) is 20.6. The number of hydrogen-bond donors (Lipinski definition) is 1. The highest BCUT2D eigenvalue weighted by Gasteiger charge is 2.35. The minimum absolute atomic E-state index is 0.0287. The molecule has 9 heteroatoms. The summed E-state index contributed by atoms with van der Waals surface area (Å²) < 4.78 is 40.0. The lowest BCUT2D eigenvalue weighted by molar-refractivity contribution is -0.137. The number of nitrogens with one attached hydrogen (secondary N) is 1. The SMILES string of the molecule is Cc1nccc(C(=O)N2CCCC2c2ncc(-c3ccccc3C(F)(F)F)[nH]2)n1. The number of aryl methyl sites for hydroxylation is 1. The van der Waals surface area contributed by atoms with E-state index >= 15 is 0 Å². The van der Waals surface area contributed by atoms with Crippen LogP contribution in [-0.2, 0) is 6.18 Å². The van der Waals surface area contributed by atoms with Crippen molar-refractivity contribution >= 4 is 5.91 Å². The molecule has 2 aromatic heterocycles. The minimum atomic E-state index is -4.47. The molecule has 1 fully saturated rings. The molecule has 0 spiro atoms. The highest BCUT2D eigenvalue weighted by atomic mass is 19.4. The van der Waals surface area contributed by atoms with Crippen LogP contribution in [0.25, 0.3) is 11.3 Å². The van der Waals surface area contributed by atoms with Gasteiger partial charge in [0.1, 0.15) is 17.3 Å². The zero-order valence-corrected chi connectivity index (χ0v) is 15.6. The molecule has 1 saturated heterocycles. The number of imidazole rings is 1. The first-order chi connectivity index (χ1) is 13.8. The fourth-order valence-electron chi connectivity index (χ4n) is 3.62. The number of hydrogen-bond acceptors (Lipinski definition) is 4. The van der Waals surface area contributed by atoms with Crippen LogP contribution in [0.2, 0.25) is 0 Å². The predicted molar refractivity (Wildman–Crippen MR) is 98.8 cm³/mol. The van der Waals surface area contributed by atoms with Crippen molar-refractivity contribution in [3.8, 4) is 11.3 Å². The molecule has 0 bridgehead atoms. The summed E-state index contributed by atoms with van der Waals surface area (Å²) in [7, 11) is 0. The monoisotopic (exact) mass is 401 g/mol. The van der Waals surface area contributed by atoms with E-state index in [1.807, 2.05) is 0 Å². The van der Waals surface area contributed by atoms with E-state index in [9.17, 15) is 18.0 Å². The lowest BCUT2D eigenvalue weighted by Crippen LogP contribution is -2.31. The van der Waals surface area contributed by atoms with Crippen LogP contribution >= 0.6 is 0 Å². The van der Waals surface area contributed by atoms with Gasteiger partial charge in [0.2, 0.25) is 0 Å². The van der Waals surface area contributed by atoms with Crippen LogP contribution in [0.3, 0.4) is 0 Å². The van der Waals surface area contributed by atoms with E-state index in [0.29, 0.717) is 30.3 Å². The molecule has 0 radical (unpaired) electrons.